The van der Waals surface area contributed by atoms with Crippen molar-refractivity contribution in [3.8, 4) is 17.2 Å². The van der Waals surface area contributed by atoms with Crippen molar-refractivity contribution in [3.63, 3.8) is 0 Å². The fourth-order valence-electron chi connectivity index (χ4n) is 4.26. The lowest BCUT2D eigenvalue weighted by atomic mass is 9.98. The molecular formula is C31H38N4O6. The Balaban J connectivity index is 2.14. The Kier molecular flexibility index (Phi) is 9.12. The molecular weight excluding hydrogens is 524 g/mol. The monoisotopic (exact) mass is 562 g/mol. The zero-order valence-corrected chi connectivity index (χ0v) is 25.2. The summed E-state index contributed by atoms with van der Waals surface area (Å²) in [6, 6.07) is 10.7. The molecule has 1 aromatic carbocycles. The summed E-state index contributed by atoms with van der Waals surface area (Å²) in [5.41, 5.74) is 2.96. The average Bonchev–Trinajstić information content (AvgIpc) is 3.40. The molecule has 10 nitrogen and oxygen atoms in total. The van der Waals surface area contributed by atoms with E-state index >= 15 is 0 Å². The summed E-state index contributed by atoms with van der Waals surface area (Å²) in [6.45, 7) is 16.3. The third-order valence-electron chi connectivity index (χ3n) is 6.29. The molecule has 3 aromatic rings. The second kappa shape index (κ2) is 12.0. The van der Waals surface area contributed by atoms with Gasteiger partial charge in [-0.15, -0.1) is 0 Å². The first kappa shape index (κ1) is 31.1. The highest BCUT2D eigenvalue weighted by molar-refractivity contribution is 6.00. The van der Waals surface area contributed by atoms with Crippen LogP contribution in [0, 0.1) is 30.6 Å². The van der Waals surface area contributed by atoms with Crippen molar-refractivity contribution in [1.82, 2.24) is 14.3 Å². The van der Waals surface area contributed by atoms with Crippen LogP contribution in [0.2, 0.25) is 0 Å². The Bertz CT molecular complexity index is 1490. The van der Waals surface area contributed by atoms with Crippen LogP contribution in [-0.4, -0.2) is 44.5 Å². The number of ether oxygens (including phenoxy) is 3. The van der Waals surface area contributed by atoms with Crippen LogP contribution in [-0.2, 0) is 32.3 Å². The summed E-state index contributed by atoms with van der Waals surface area (Å²) < 4.78 is 19.8. The van der Waals surface area contributed by atoms with E-state index in [1.807, 2.05) is 18.4 Å². The van der Waals surface area contributed by atoms with Gasteiger partial charge in [-0.25, -0.2) is 14.3 Å². The Morgan fingerprint density at radius 3 is 2.12 bits per heavy atom. The molecule has 0 atom stereocenters. The maximum Gasteiger partial charge on any atom is 0.358 e. The van der Waals surface area contributed by atoms with Crippen LogP contribution in [0.15, 0.2) is 30.3 Å². The first-order valence-electron chi connectivity index (χ1n) is 13.4. The number of nitrogens with zero attached hydrogens (tertiary/aromatic N) is 4. The summed E-state index contributed by atoms with van der Waals surface area (Å²) in [4.78, 5) is 38.5. The fourth-order valence-corrected chi connectivity index (χ4v) is 4.26. The minimum Gasteiger partial charge on any atom is -0.461 e. The van der Waals surface area contributed by atoms with E-state index in [2.05, 4.69) is 11.2 Å². The normalized spacial score (nSPS) is 11.6. The first-order chi connectivity index (χ1) is 19.1. The molecule has 41 heavy (non-hydrogen) atoms. The number of hydrogen-bond acceptors (Lipinski definition) is 8. The summed E-state index contributed by atoms with van der Waals surface area (Å²) in [6.07, 6.45) is 0. The molecule has 0 aliphatic heterocycles. The van der Waals surface area contributed by atoms with Crippen molar-refractivity contribution in [2.24, 2.45) is 5.41 Å². The van der Waals surface area contributed by atoms with Gasteiger partial charge in [-0.2, -0.15) is 10.4 Å². The van der Waals surface area contributed by atoms with Gasteiger partial charge in [0, 0.05) is 17.0 Å². The summed E-state index contributed by atoms with van der Waals surface area (Å²) >= 11 is 0. The lowest BCUT2D eigenvalue weighted by molar-refractivity contribution is -0.157. The van der Waals surface area contributed by atoms with Gasteiger partial charge < -0.3 is 18.8 Å². The van der Waals surface area contributed by atoms with Gasteiger partial charge in [0.25, 0.3) is 0 Å². The highest BCUT2D eigenvalue weighted by Crippen LogP contribution is 2.34. The fraction of sp³-hybridized carbons (Fsp3) is 0.452. The highest BCUT2D eigenvalue weighted by Gasteiger charge is 2.29. The molecule has 0 aliphatic rings. The molecule has 0 fully saturated rings. The van der Waals surface area contributed by atoms with Crippen LogP contribution in [0.5, 0.6) is 0 Å². The van der Waals surface area contributed by atoms with Crippen molar-refractivity contribution < 1.29 is 28.6 Å². The molecule has 3 rings (SSSR count). The number of carbonyl (C=O) groups excluding carboxylic acids is 3. The molecule has 0 saturated heterocycles. The summed E-state index contributed by atoms with van der Waals surface area (Å²) in [5, 5.41) is 13.6. The minimum absolute atomic E-state index is 0.0794. The van der Waals surface area contributed by atoms with Gasteiger partial charge in [0.1, 0.15) is 5.60 Å². The maximum absolute atomic E-state index is 13.5. The predicted octanol–water partition coefficient (Wildman–Crippen LogP) is 5.57. The number of benzene rings is 1. The molecule has 0 spiro atoms. The van der Waals surface area contributed by atoms with Crippen LogP contribution >= 0.6 is 0 Å². The minimum atomic E-state index is -0.719. The van der Waals surface area contributed by atoms with Crippen LogP contribution < -0.4 is 0 Å². The van der Waals surface area contributed by atoms with Gasteiger partial charge in [0.2, 0.25) is 0 Å². The van der Waals surface area contributed by atoms with Crippen LogP contribution in [0.25, 0.3) is 11.1 Å². The van der Waals surface area contributed by atoms with E-state index in [9.17, 15) is 19.6 Å². The molecule has 218 valence electrons. The number of carbonyl (C=O) groups is 3. The number of esters is 3. The Morgan fingerprint density at radius 1 is 0.951 bits per heavy atom. The number of nitriles is 1. The molecule has 10 heteroatoms. The Hall–Kier alpha value is -4.39. The molecule has 2 aromatic heterocycles. The van der Waals surface area contributed by atoms with Gasteiger partial charge in [0.05, 0.1) is 41.5 Å². The SMILES string of the molecule is CCOC(=O)c1cc(Cn2c(C)c(C(=O)OC(C)(C)C)c(-c3ccc(C#N)cc3)c2C)n(COC(=O)C(C)(C)C)n1. The van der Waals surface area contributed by atoms with Crippen LogP contribution in [0.4, 0.5) is 0 Å². The van der Waals surface area contributed by atoms with E-state index < -0.39 is 28.9 Å². The molecule has 0 saturated carbocycles. The largest absolute Gasteiger partial charge is 0.461 e. The summed E-state index contributed by atoms with van der Waals surface area (Å²) in [7, 11) is 0. The zero-order chi connectivity index (χ0) is 30.7. The average molecular weight is 563 g/mol. The number of rotatable bonds is 8. The van der Waals surface area contributed by atoms with E-state index in [0.717, 1.165) is 11.3 Å². The molecule has 0 radical (unpaired) electrons. The van der Waals surface area contributed by atoms with Crippen molar-refractivity contribution in [2.45, 2.75) is 81.2 Å². The van der Waals surface area contributed by atoms with Gasteiger partial charge in [0.15, 0.2) is 12.4 Å². The van der Waals surface area contributed by atoms with Crippen LogP contribution in [0.3, 0.4) is 0 Å². The molecule has 2 heterocycles. The standard InChI is InChI=1S/C31H38N4O6/c1-10-39-27(36)24-15-23(35(33-24)18-40-29(38)30(4,5)6)17-34-19(2)25(22-13-11-21(16-32)12-14-22)26(20(34)3)28(37)41-31(7,8)9/h11-15H,10,17-18H2,1-9H3. The molecule has 0 amide bonds. The second-order valence-corrected chi connectivity index (χ2v) is 11.7. The molecule has 0 bridgehead atoms. The van der Waals surface area contributed by atoms with E-state index in [1.165, 1.54) is 4.68 Å². The summed E-state index contributed by atoms with van der Waals surface area (Å²) in [5.74, 6) is -1.49. The molecule has 0 N–H and O–H groups in total. The lowest BCUT2D eigenvalue weighted by Gasteiger charge is -2.20. The van der Waals surface area contributed by atoms with Gasteiger partial charge in [-0.1, -0.05) is 12.1 Å². The Morgan fingerprint density at radius 2 is 1.59 bits per heavy atom. The topological polar surface area (TPSA) is 125 Å². The third kappa shape index (κ3) is 7.23. The van der Waals surface area contributed by atoms with Gasteiger partial charge in [-0.3, -0.25) is 4.79 Å². The van der Waals surface area contributed by atoms with Crippen molar-refractivity contribution >= 4 is 17.9 Å². The zero-order valence-electron chi connectivity index (χ0n) is 25.2. The van der Waals surface area contributed by atoms with E-state index in [0.29, 0.717) is 28.1 Å². The molecule has 0 aliphatic carbocycles. The maximum atomic E-state index is 13.5. The van der Waals surface area contributed by atoms with Crippen LogP contribution in [0.1, 0.15) is 92.0 Å². The third-order valence-corrected chi connectivity index (χ3v) is 6.29. The van der Waals surface area contributed by atoms with Crippen molar-refractivity contribution in [1.29, 1.82) is 5.26 Å². The Labute approximate surface area is 240 Å². The van der Waals surface area contributed by atoms with E-state index in [4.69, 9.17) is 14.2 Å². The number of aromatic nitrogens is 3. The number of hydrogen-bond donors (Lipinski definition) is 0. The van der Waals surface area contributed by atoms with Gasteiger partial charge >= 0.3 is 17.9 Å². The predicted molar refractivity (Wildman–Crippen MR) is 152 cm³/mol. The quantitative estimate of drug-likeness (QED) is 0.258. The first-order valence-corrected chi connectivity index (χ1v) is 13.4. The van der Waals surface area contributed by atoms with Gasteiger partial charge in [-0.05, 0) is 86.1 Å². The van der Waals surface area contributed by atoms with E-state index in [1.54, 1.807) is 78.8 Å². The van der Waals surface area contributed by atoms with Crippen molar-refractivity contribution in [3.05, 3.63) is 64.2 Å². The second-order valence-electron chi connectivity index (χ2n) is 11.7. The van der Waals surface area contributed by atoms with E-state index in [-0.39, 0.29) is 25.6 Å². The van der Waals surface area contributed by atoms with Crippen molar-refractivity contribution in [2.75, 3.05) is 6.61 Å². The smallest absolute Gasteiger partial charge is 0.358 e. The molecule has 0 unspecified atom stereocenters. The highest BCUT2D eigenvalue weighted by atomic mass is 16.6. The lowest BCUT2D eigenvalue weighted by Crippen LogP contribution is -2.25.